The number of Topliss-reactive ketones (excluding diaryl/α,β-unsaturated/α-hetero) is 1. The maximum Gasteiger partial charge on any atom is 0.136 e. The average Bonchev–Trinajstić information content (AvgIpc) is 2.44. The molecule has 0 aliphatic heterocycles. The molecule has 2 fully saturated rings. The van der Waals surface area contributed by atoms with Crippen LogP contribution in [0.3, 0.4) is 0 Å². The Kier molecular flexibility index (Phi) is 3.32. The summed E-state index contributed by atoms with van der Waals surface area (Å²) in [6.45, 7) is 4.54. The number of rotatable bonds is 1. The minimum Gasteiger partial charge on any atom is -0.299 e. The molecule has 2 saturated carbocycles. The van der Waals surface area contributed by atoms with Crippen molar-refractivity contribution in [2.24, 2.45) is 22.7 Å². The Morgan fingerprint density at radius 3 is 3.05 bits per heavy atom. The van der Waals surface area contributed by atoms with Crippen LogP contribution >= 0.6 is 0 Å². The molecule has 0 heterocycles. The molecule has 0 amide bonds. The molecule has 0 aromatic rings. The lowest BCUT2D eigenvalue weighted by Gasteiger charge is -2.57. The van der Waals surface area contributed by atoms with Crippen molar-refractivity contribution in [3.05, 3.63) is 18.1 Å². The van der Waals surface area contributed by atoms with Gasteiger partial charge in [0, 0.05) is 27.0 Å². The first-order chi connectivity index (χ1) is 9.53. The van der Waals surface area contributed by atoms with Crippen molar-refractivity contribution in [2.45, 2.75) is 58.8 Å². The van der Waals surface area contributed by atoms with Crippen LogP contribution < -0.4 is 0 Å². The second kappa shape index (κ2) is 4.76. The molecule has 110 valence electrons. The second-order valence-electron chi connectivity index (χ2n) is 7.29. The Bertz CT molecular complexity index is 504. The van der Waals surface area contributed by atoms with Crippen molar-refractivity contribution in [1.82, 2.24) is 0 Å². The van der Waals surface area contributed by atoms with E-state index < -0.39 is 0 Å². The van der Waals surface area contributed by atoms with Crippen LogP contribution in [0.15, 0.2) is 11.6 Å². The summed E-state index contributed by atoms with van der Waals surface area (Å²) < 4.78 is 0. The molecule has 20 heavy (non-hydrogen) atoms. The Morgan fingerprint density at radius 1 is 1.50 bits per heavy atom. The zero-order valence-electron chi connectivity index (χ0n) is 13.7. The lowest BCUT2D eigenvalue weighted by molar-refractivity contribution is -0.131. The summed E-state index contributed by atoms with van der Waals surface area (Å²) in [7, 11) is 0. The number of fused-ring (bicyclic) bond motifs is 3. The topological polar surface area (TPSA) is 17.1 Å². The Balaban J connectivity index is 0.00000121. The fourth-order valence-electron chi connectivity index (χ4n) is 5.33. The van der Waals surface area contributed by atoms with Crippen LogP contribution in [0.25, 0.3) is 0 Å². The van der Waals surface area contributed by atoms with Gasteiger partial charge in [-0.3, -0.25) is 4.79 Å². The smallest absolute Gasteiger partial charge is 0.136 e. The van der Waals surface area contributed by atoms with E-state index in [0.29, 0.717) is 11.7 Å². The van der Waals surface area contributed by atoms with Gasteiger partial charge in [0.15, 0.2) is 0 Å². The number of hydrogen-bond acceptors (Lipinski definition) is 1. The molecular formula is C19H28O. The Labute approximate surface area is 126 Å². The molecule has 1 heteroatoms. The van der Waals surface area contributed by atoms with Gasteiger partial charge in [-0.2, -0.15) is 0 Å². The fraction of sp³-hybridized carbons (Fsp3) is 0.684. The van der Waals surface area contributed by atoms with Crippen molar-refractivity contribution in [1.29, 1.82) is 0 Å². The number of carbonyl (C=O) groups excluding carboxylic acids is 1. The van der Waals surface area contributed by atoms with Gasteiger partial charge < -0.3 is 0 Å². The largest absolute Gasteiger partial charge is 0.299 e. The minimum absolute atomic E-state index is 0. The van der Waals surface area contributed by atoms with Gasteiger partial charge in [-0.05, 0) is 49.9 Å². The number of terminal acetylenes is 1. The maximum atomic E-state index is 12.1. The van der Waals surface area contributed by atoms with E-state index >= 15 is 0 Å². The van der Waals surface area contributed by atoms with Crippen molar-refractivity contribution in [3.8, 4) is 12.3 Å². The molecule has 0 bridgehead atoms. The molecule has 0 saturated heterocycles. The van der Waals surface area contributed by atoms with Crippen molar-refractivity contribution >= 4 is 5.78 Å². The van der Waals surface area contributed by atoms with Crippen LogP contribution in [0.5, 0.6) is 0 Å². The van der Waals surface area contributed by atoms with Crippen LogP contribution in [-0.4, -0.2) is 5.78 Å². The molecule has 2 radical (unpaired) electrons. The van der Waals surface area contributed by atoms with Gasteiger partial charge in [-0.25, -0.2) is 0 Å². The van der Waals surface area contributed by atoms with E-state index in [4.69, 9.17) is 6.42 Å². The number of ketones is 1. The second-order valence-corrected chi connectivity index (χ2v) is 7.29. The van der Waals surface area contributed by atoms with E-state index in [1.165, 1.54) is 19.3 Å². The van der Waals surface area contributed by atoms with Gasteiger partial charge >= 0.3 is 0 Å². The molecule has 3 aliphatic rings. The zero-order valence-corrected chi connectivity index (χ0v) is 12.7. The van der Waals surface area contributed by atoms with E-state index in [9.17, 15) is 4.79 Å². The summed E-state index contributed by atoms with van der Waals surface area (Å²) in [6.07, 6.45) is 17.9. The molecular weight excluding hydrogens is 244 g/mol. The highest BCUT2D eigenvalue weighted by Crippen LogP contribution is 2.63. The predicted molar refractivity (Wildman–Crippen MR) is 85.0 cm³/mol. The SMILES string of the molecule is C#C[CH]C12CCCC=C1C1(C)CCC(=O)[C@H](C)C1CC2.[HH].[H]. The molecule has 3 unspecified atom stereocenters. The summed E-state index contributed by atoms with van der Waals surface area (Å²) in [6, 6.07) is 0. The first kappa shape index (κ1) is 13.9. The molecule has 0 aromatic carbocycles. The fourth-order valence-corrected chi connectivity index (χ4v) is 5.33. The van der Waals surface area contributed by atoms with Crippen molar-refractivity contribution in [2.75, 3.05) is 0 Å². The molecule has 0 aromatic heterocycles. The third-order valence-corrected chi connectivity index (χ3v) is 6.41. The predicted octanol–water partition coefficient (Wildman–Crippen LogP) is 4.69. The summed E-state index contributed by atoms with van der Waals surface area (Å²) in [5, 5.41) is 0. The van der Waals surface area contributed by atoms with Gasteiger partial charge in [-0.15, -0.1) is 12.3 Å². The van der Waals surface area contributed by atoms with E-state index in [0.717, 1.165) is 25.7 Å². The van der Waals surface area contributed by atoms with Gasteiger partial charge in [0.2, 0.25) is 0 Å². The molecule has 3 rings (SSSR count). The van der Waals surface area contributed by atoms with Crippen LogP contribution in [0.4, 0.5) is 0 Å². The van der Waals surface area contributed by atoms with E-state index in [-0.39, 0.29) is 19.6 Å². The van der Waals surface area contributed by atoms with E-state index in [1.807, 2.05) is 0 Å². The number of carbonyl (C=O) groups is 1. The van der Waals surface area contributed by atoms with Crippen LogP contribution in [0.2, 0.25) is 0 Å². The highest BCUT2D eigenvalue weighted by molar-refractivity contribution is 5.82. The first-order valence-corrected chi connectivity index (χ1v) is 8.08. The lowest BCUT2D eigenvalue weighted by Crippen LogP contribution is -2.50. The third-order valence-electron chi connectivity index (χ3n) is 6.41. The van der Waals surface area contributed by atoms with Gasteiger partial charge in [-0.1, -0.05) is 25.5 Å². The normalized spacial score (nSPS) is 44.0. The van der Waals surface area contributed by atoms with Gasteiger partial charge in [0.1, 0.15) is 5.78 Å². The molecule has 4 atom stereocenters. The summed E-state index contributed by atoms with van der Waals surface area (Å²) in [4.78, 5) is 12.1. The molecule has 0 N–H and O–H groups in total. The summed E-state index contributed by atoms with van der Waals surface area (Å²) in [5.41, 5.74) is 1.90. The van der Waals surface area contributed by atoms with Crippen LogP contribution in [-0.2, 0) is 4.79 Å². The summed E-state index contributed by atoms with van der Waals surface area (Å²) >= 11 is 0. The van der Waals surface area contributed by atoms with E-state index in [2.05, 4.69) is 32.3 Å². The molecule has 3 aliphatic carbocycles. The number of hydrogen-bond donors (Lipinski definition) is 0. The van der Waals surface area contributed by atoms with Crippen molar-refractivity contribution in [3.63, 3.8) is 0 Å². The monoisotopic (exact) mass is 272 g/mol. The Morgan fingerprint density at radius 2 is 2.30 bits per heavy atom. The maximum absolute atomic E-state index is 12.1. The van der Waals surface area contributed by atoms with Gasteiger partial charge in [0.25, 0.3) is 0 Å². The third kappa shape index (κ3) is 1.80. The highest BCUT2D eigenvalue weighted by atomic mass is 16.1. The highest BCUT2D eigenvalue weighted by Gasteiger charge is 2.55. The van der Waals surface area contributed by atoms with E-state index in [1.54, 1.807) is 5.57 Å². The average molecular weight is 272 g/mol. The molecule has 1 nitrogen and oxygen atoms in total. The van der Waals surface area contributed by atoms with Crippen molar-refractivity contribution < 1.29 is 7.65 Å². The standard InChI is InChI=1S/C19H25O.H2.H/c1-4-10-19-11-6-5-7-17(19)18(3)12-9-16(20)14(2)15(18)8-13-19;;/h1,7,10,14-15H,5-6,8-9,11-13H2,2-3H3;1H;/t14-,15?,18?,19?;;/m1../s1. The minimum atomic E-state index is 0. The van der Waals surface area contributed by atoms with Gasteiger partial charge in [0.05, 0.1) is 0 Å². The van der Waals surface area contributed by atoms with Crippen LogP contribution in [0.1, 0.15) is 61.6 Å². The number of allylic oxidation sites excluding steroid dienone is 2. The van der Waals surface area contributed by atoms with Crippen LogP contribution in [0, 0.1) is 41.4 Å². The lowest BCUT2D eigenvalue weighted by atomic mass is 9.46. The quantitative estimate of drug-likeness (QED) is 0.500. The molecule has 0 spiro atoms. The zero-order chi connectivity index (χ0) is 14.4. The Hall–Kier alpha value is -1.03. The summed E-state index contributed by atoms with van der Waals surface area (Å²) in [5.74, 6) is 4.04. The first-order valence-electron chi connectivity index (χ1n) is 8.08.